The first kappa shape index (κ1) is 15.8. The number of carbonyl (C=O) groups excluding carboxylic acids is 1. The van der Waals surface area contributed by atoms with Gasteiger partial charge < -0.3 is 15.0 Å². The maximum Gasteiger partial charge on any atom is 0.222 e. The summed E-state index contributed by atoms with van der Waals surface area (Å²) in [4.78, 5) is 14.4. The number of para-hydroxylation sites is 1. The van der Waals surface area contributed by atoms with Crippen LogP contribution in [0.1, 0.15) is 25.8 Å². The maximum atomic E-state index is 12.4. The van der Waals surface area contributed by atoms with Gasteiger partial charge in [-0.05, 0) is 30.9 Å². The van der Waals surface area contributed by atoms with Gasteiger partial charge in [-0.15, -0.1) is 0 Å². The van der Waals surface area contributed by atoms with Gasteiger partial charge in [0, 0.05) is 32.1 Å². The molecule has 21 heavy (non-hydrogen) atoms. The SMILES string of the molecule is COc1ccccc1C[C@@H](C)CC(=O)N1CCN[C@@H](C)C1. The molecule has 1 aromatic carbocycles. The number of carbonyl (C=O) groups is 1. The highest BCUT2D eigenvalue weighted by Gasteiger charge is 2.22. The Hall–Kier alpha value is -1.55. The fourth-order valence-electron chi connectivity index (χ4n) is 2.91. The predicted molar refractivity (Wildman–Crippen MR) is 84.5 cm³/mol. The molecule has 1 heterocycles. The number of hydrogen-bond donors (Lipinski definition) is 1. The van der Waals surface area contributed by atoms with Gasteiger partial charge in [0.15, 0.2) is 0 Å². The van der Waals surface area contributed by atoms with E-state index in [1.807, 2.05) is 23.1 Å². The van der Waals surface area contributed by atoms with Crippen molar-refractivity contribution in [2.75, 3.05) is 26.7 Å². The number of hydrogen-bond acceptors (Lipinski definition) is 3. The van der Waals surface area contributed by atoms with Crippen LogP contribution in [0.2, 0.25) is 0 Å². The Bertz CT molecular complexity index is 476. The number of ether oxygens (including phenoxy) is 1. The second kappa shape index (κ2) is 7.46. The van der Waals surface area contributed by atoms with E-state index in [0.29, 0.717) is 18.4 Å². The molecule has 1 aliphatic rings. The molecule has 1 amide bonds. The molecule has 2 atom stereocenters. The van der Waals surface area contributed by atoms with Crippen molar-refractivity contribution >= 4 is 5.91 Å². The minimum Gasteiger partial charge on any atom is -0.496 e. The zero-order chi connectivity index (χ0) is 15.2. The lowest BCUT2D eigenvalue weighted by Gasteiger charge is -2.32. The normalized spacial score (nSPS) is 20.1. The molecule has 0 aromatic heterocycles. The van der Waals surface area contributed by atoms with E-state index >= 15 is 0 Å². The van der Waals surface area contributed by atoms with Gasteiger partial charge in [-0.2, -0.15) is 0 Å². The molecule has 116 valence electrons. The van der Waals surface area contributed by atoms with E-state index in [1.54, 1.807) is 7.11 Å². The van der Waals surface area contributed by atoms with Crippen LogP contribution >= 0.6 is 0 Å². The number of benzene rings is 1. The van der Waals surface area contributed by atoms with Gasteiger partial charge >= 0.3 is 0 Å². The van der Waals surface area contributed by atoms with Crippen LogP contribution in [0.4, 0.5) is 0 Å². The van der Waals surface area contributed by atoms with Crippen molar-refractivity contribution in [3.8, 4) is 5.75 Å². The Labute approximate surface area is 127 Å². The first-order valence-corrected chi connectivity index (χ1v) is 7.73. The van der Waals surface area contributed by atoms with Gasteiger partial charge in [-0.3, -0.25) is 4.79 Å². The molecule has 0 bridgehead atoms. The van der Waals surface area contributed by atoms with Gasteiger partial charge in [-0.25, -0.2) is 0 Å². The van der Waals surface area contributed by atoms with Gasteiger partial charge in [-0.1, -0.05) is 25.1 Å². The van der Waals surface area contributed by atoms with E-state index in [4.69, 9.17) is 4.74 Å². The smallest absolute Gasteiger partial charge is 0.222 e. The Morgan fingerprint density at radius 1 is 1.48 bits per heavy atom. The summed E-state index contributed by atoms with van der Waals surface area (Å²) >= 11 is 0. The number of nitrogens with zero attached hydrogens (tertiary/aromatic N) is 1. The van der Waals surface area contributed by atoms with Crippen molar-refractivity contribution in [2.24, 2.45) is 5.92 Å². The molecule has 4 heteroatoms. The van der Waals surface area contributed by atoms with Gasteiger partial charge in [0.1, 0.15) is 5.75 Å². The molecule has 0 saturated carbocycles. The summed E-state index contributed by atoms with van der Waals surface area (Å²) in [5, 5.41) is 3.36. The van der Waals surface area contributed by atoms with Crippen LogP contribution in [0.25, 0.3) is 0 Å². The van der Waals surface area contributed by atoms with Crippen molar-refractivity contribution < 1.29 is 9.53 Å². The molecule has 0 aliphatic carbocycles. The summed E-state index contributed by atoms with van der Waals surface area (Å²) in [6.45, 7) is 6.80. The molecule has 2 rings (SSSR count). The third kappa shape index (κ3) is 4.46. The third-order valence-corrected chi connectivity index (χ3v) is 4.01. The minimum atomic E-state index is 0.269. The second-order valence-corrected chi connectivity index (χ2v) is 6.02. The zero-order valence-corrected chi connectivity index (χ0v) is 13.3. The summed E-state index contributed by atoms with van der Waals surface area (Å²) in [6, 6.07) is 8.44. The van der Waals surface area contributed by atoms with E-state index in [1.165, 1.54) is 5.56 Å². The van der Waals surface area contributed by atoms with Gasteiger partial charge in [0.2, 0.25) is 5.91 Å². The zero-order valence-electron chi connectivity index (χ0n) is 13.3. The first-order valence-electron chi connectivity index (χ1n) is 7.73. The third-order valence-electron chi connectivity index (χ3n) is 4.01. The highest BCUT2D eigenvalue weighted by molar-refractivity contribution is 5.76. The fraction of sp³-hybridized carbons (Fsp3) is 0.588. The average Bonchev–Trinajstić information content (AvgIpc) is 2.47. The predicted octanol–water partition coefficient (Wildman–Crippen LogP) is 2.08. The summed E-state index contributed by atoms with van der Waals surface area (Å²) in [7, 11) is 1.69. The molecule has 0 unspecified atom stereocenters. The van der Waals surface area contributed by atoms with E-state index in [-0.39, 0.29) is 5.91 Å². The Kier molecular flexibility index (Phi) is 5.62. The van der Waals surface area contributed by atoms with E-state index in [9.17, 15) is 4.79 Å². The van der Waals surface area contributed by atoms with Gasteiger partial charge in [0.25, 0.3) is 0 Å². The van der Waals surface area contributed by atoms with Crippen molar-refractivity contribution in [3.05, 3.63) is 29.8 Å². The highest BCUT2D eigenvalue weighted by Crippen LogP contribution is 2.22. The minimum absolute atomic E-state index is 0.269. The number of nitrogens with one attached hydrogen (secondary N) is 1. The molecule has 1 N–H and O–H groups in total. The van der Waals surface area contributed by atoms with Crippen molar-refractivity contribution in [3.63, 3.8) is 0 Å². The van der Waals surface area contributed by atoms with Crippen molar-refractivity contribution in [1.29, 1.82) is 0 Å². The second-order valence-electron chi connectivity index (χ2n) is 6.02. The first-order chi connectivity index (χ1) is 10.1. The molecule has 0 radical (unpaired) electrons. The van der Waals surface area contributed by atoms with Crippen LogP contribution in [0, 0.1) is 5.92 Å². The topological polar surface area (TPSA) is 41.6 Å². The Morgan fingerprint density at radius 3 is 2.95 bits per heavy atom. The number of methoxy groups -OCH3 is 1. The van der Waals surface area contributed by atoms with Crippen LogP contribution in [0.3, 0.4) is 0 Å². The van der Waals surface area contributed by atoms with E-state index in [0.717, 1.165) is 31.8 Å². The monoisotopic (exact) mass is 290 g/mol. The summed E-state index contributed by atoms with van der Waals surface area (Å²) in [6.07, 6.45) is 1.47. The molecule has 1 aliphatic heterocycles. The number of rotatable bonds is 5. The lowest BCUT2D eigenvalue weighted by Crippen LogP contribution is -2.51. The largest absolute Gasteiger partial charge is 0.496 e. The van der Waals surface area contributed by atoms with Crippen LogP contribution in [0.5, 0.6) is 5.75 Å². The molecule has 1 saturated heterocycles. The molecular formula is C17H26N2O2. The Morgan fingerprint density at radius 2 is 2.24 bits per heavy atom. The molecular weight excluding hydrogens is 264 g/mol. The van der Waals surface area contributed by atoms with Crippen LogP contribution < -0.4 is 10.1 Å². The quantitative estimate of drug-likeness (QED) is 0.903. The summed E-state index contributed by atoms with van der Waals surface area (Å²) in [5.74, 6) is 1.50. The lowest BCUT2D eigenvalue weighted by atomic mass is 9.96. The standard InChI is InChI=1S/C17H26N2O2/c1-13(10-15-6-4-5-7-16(15)21-3)11-17(20)19-9-8-18-14(2)12-19/h4-7,13-14,18H,8-12H2,1-3H3/t13-,14+/m1/s1. The molecule has 0 spiro atoms. The molecule has 1 aromatic rings. The van der Waals surface area contributed by atoms with Crippen LogP contribution in [-0.4, -0.2) is 43.6 Å². The van der Waals surface area contributed by atoms with Crippen LogP contribution in [-0.2, 0) is 11.2 Å². The average molecular weight is 290 g/mol. The van der Waals surface area contributed by atoms with Crippen molar-refractivity contribution in [2.45, 2.75) is 32.7 Å². The fourth-order valence-corrected chi connectivity index (χ4v) is 2.91. The Balaban J connectivity index is 1.89. The van der Waals surface area contributed by atoms with Gasteiger partial charge in [0.05, 0.1) is 7.11 Å². The molecule has 1 fully saturated rings. The summed E-state index contributed by atoms with van der Waals surface area (Å²) < 4.78 is 5.38. The van der Waals surface area contributed by atoms with Crippen molar-refractivity contribution in [1.82, 2.24) is 10.2 Å². The van der Waals surface area contributed by atoms with E-state index < -0.39 is 0 Å². The van der Waals surface area contributed by atoms with Crippen LogP contribution in [0.15, 0.2) is 24.3 Å². The highest BCUT2D eigenvalue weighted by atomic mass is 16.5. The number of piperazine rings is 1. The lowest BCUT2D eigenvalue weighted by molar-refractivity contribution is -0.133. The summed E-state index contributed by atoms with van der Waals surface area (Å²) in [5.41, 5.74) is 1.17. The maximum absolute atomic E-state index is 12.4. The number of amides is 1. The molecule has 4 nitrogen and oxygen atoms in total. The van der Waals surface area contributed by atoms with E-state index in [2.05, 4.69) is 25.2 Å².